The molecule has 1 amide bonds. The van der Waals surface area contributed by atoms with E-state index in [0.29, 0.717) is 15.8 Å². The lowest BCUT2D eigenvalue weighted by molar-refractivity contribution is -0.161. The number of thioether (sulfide) groups is 1. The lowest BCUT2D eigenvalue weighted by Crippen LogP contribution is -2.39. The highest BCUT2D eigenvalue weighted by Gasteiger charge is 2.33. The van der Waals surface area contributed by atoms with Crippen molar-refractivity contribution in [3.63, 3.8) is 0 Å². The van der Waals surface area contributed by atoms with Gasteiger partial charge >= 0.3 is 6.18 Å². The SMILES string of the molecule is O=C(CSc1nc2ccccc2c(=O)n1Cc1cccnc1)N(Cc1ccco1)CC(F)(F)F. The number of para-hydroxylation sites is 1. The number of fused-ring (bicyclic) bond motifs is 1. The van der Waals surface area contributed by atoms with Gasteiger partial charge in [0.15, 0.2) is 5.16 Å². The molecule has 34 heavy (non-hydrogen) atoms. The molecule has 0 saturated heterocycles. The largest absolute Gasteiger partial charge is 0.467 e. The van der Waals surface area contributed by atoms with Gasteiger partial charge in [0.25, 0.3) is 5.56 Å². The van der Waals surface area contributed by atoms with Gasteiger partial charge in [-0.3, -0.25) is 19.1 Å². The van der Waals surface area contributed by atoms with Crippen molar-refractivity contribution in [2.24, 2.45) is 0 Å². The van der Waals surface area contributed by atoms with Crippen molar-refractivity contribution in [1.29, 1.82) is 0 Å². The maximum Gasteiger partial charge on any atom is 0.406 e. The number of nitrogens with zero attached hydrogens (tertiary/aromatic N) is 4. The third kappa shape index (κ3) is 5.84. The maximum atomic E-state index is 13.2. The van der Waals surface area contributed by atoms with Crippen molar-refractivity contribution < 1.29 is 22.4 Å². The standard InChI is InChI=1S/C23H19F3N4O3S/c24-23(25,26)15-29(13-17-6-4-10-33-17)20(31)14-34-22-28-19-8-2-1-7-18(19)21(32)30(22)12-16-5-3-9-27-11-16/h1-11H,12-15H2. The second-order valence-corrected chi connectivity index (χ2v) is 8.34. The molecule has 4 rings (SSSR count). The minimum Gasteiger partial charge on any atom is -0.467 e. The minimum atomic E-state index is -4.57. The summed E-state index contributed by atoms with van der Waals surface area (Å²) < 4.78 is 45.8. The van der Waals surface area contributed by atoms with Crippen molar-refractivity contribution in [2.75, 3.05) is 12.3 Å². The fraction of sp³-hybridized carbons (Fsp3) is 0.217. The normalized spacial score (nSPS) is 11.6. The topological polar surface area (TPSA) is 81.2 Å². The van der Waals surface area contributed by atoms with Crippen molar-refractivity contribution in [3.05, 3.63) is 88.9 Å². The Morgan fingerprint density at radius 2 is 1.94 bits per heavy atom. The molecular weight excluding hydrogens is 469 g/mol. The van der Waals surface area contributed by atoms with Crippen LogP contribution in [0.1, 0.15) is 11.3 Å². The number of pyridine rings is 1. The van der Waals surface area contributed by atoms with Crippen LogP contribution in [-0.4, -0.2) is 43.8 Å². The Hall–Kier alpha value is -3.60. The number of amides is 1. The van der Waals surface area contributed by atoms with Gasteiger partial charge in [-0.25, -0.2) is 4.98 Å². The average molecular weight is 488 g/mol. The van der Waals surface area contributed by atoms with Crippen molar-refractivity contribution in [3.8, 4) is 0 Å². The van der Waals surface area contributed by atoms with Gasteiger partial charge in [0, 0.05) is 12.4 Å². The number of alkyl halides is 3. The predicted molar refractivity (Wildman–Crippen MR) is 120 cm³/mol. The molecule has 0 N–H and O–H groups in total. The Kier molecular flexibility index (Phi) is 7.01. The average Bonchev–Trinajstić information content (AvgIpc) is 3.32. The van der Waals surface area contributed by atoms with E-state index in [0.717, 1.165) is 17.3 Å². The molecule has 0 spiro atoms. The van der Waals surface area contributed by atoms with E-state index in [2.05, 4.69) is 9.97 Å². The molecule has 3 heterocycles. The number of rotatable bonds is 8. The molecule has 0 aliphatic heterocycles. The van der Waals surface area contributed by atoms with Crippen LogP contribution in [0, 0.1) is 0 Å². The first-order valence-electron chi connectivity index (χ1n) is 10.2. The maximum absolute atomic E-state index is 13.2. The van der Waals surface area contributed by atoms with Gasteiger partial charge in [0.05, 0.1) is 36.0 Å². The molecule has 0 fully saturated rings. The molecule has 0 atom stereocenters. The summed E-state index contributed by atoms with van der Waals surface area (Å²) in [4.78, 5) is 35.2. The smallest absolute Gasteiger partial charge is 0.406 e. The zero-order valence-electron chi connectivity index (χ0n) is 17.7. The second-order valence-electron chi connectivity index (χ2n) is 7.40. The summed E-state index contributed by atoms with van der Waals surface area (Å²) in [5.41, 5.74) is 0.867. The Labute approximate surface area is 196 Å². The lowest BCUT2D eigenvalue weighted by Gasteiger charge is -2.23. The first-order valence-corrected chi connectivity index (χ1v) is 11.2. The van der Waals surface area contributed by atoms with Gasteiger partial charge in [0.1, 0.15) is 12.3 Å². The lowest BCUT2D eigenvalue weighted by atomic mass is 10.2. The van der Waals surface area contributed by atoms with Crippen molar-refractivity contribution >= 4 is 28.6 Å². The van der Waals surface area contributed by atoms with Crippen LogP contribution in [0.25, 0.3) is 10.9 Å². The summed E-state index contributed by atoms with van der Waals surface area (Å²) >= 11 is 0.913. The predicted octanol–water partition coefficient (Wildman–Crippen LogP) is 4.12. The molecule has 0 saturated carbocycles. The van der Waals surface area contributed by atoms with E-state index in [9.17, 15) is 22.8 Å². The zero-order chi connectivity index (χ0) is 24.1. The van der Waals surface area contributed by atoms with Crippen LogP contribution < -0.4 is 5.56 Å². The number of carbonyl (C=O) groups is 1. The molecule has 0 bridgehead atoms. The van der Waals surface area contributed by atoms with Crippen LogP contribution in [0.3, 0.4) is 0 Å². The fourth-order valence-corrected chi connectivity index (χ4v) is 4.23. The first-order chi connectivity index (χ1) is 16.3. The van der Waals surface area contributed by atoms with Gasteiger partial charge in [-0.05, 0) is 35.9 Å². The van der Waals surface area contributed by atoms with Gasteiger partial charge in [-0.2, -0.15) is 13.2 Å². The van der Waals surface area contributed by atoms with Gasteiger partial charge in [-0.15, -0.1) is 0 Å². The summed E-state index contributed by atoms with van der Waals surface area (Å²) in [5.74, 6) is -0.858. The van der Waals surface area contributed by atoms with E-state index in [-0.39, 0.29) is 35.3 Å². The number of carbonyl (C=O) groups excluding carboxylic acids is 1. The summed E-state index contributed by atoms with van der Waals surface area (Å²) in [7, 11) is 0. The Bertz CT molecular complexity index is 1330. The molecule has 11 heteroatoms. The quantitative estimate of drug-likeness (QED) is 0.274. The van der Waals surface area contributed by atoms with Crippen molar-refractivity contribution in [2.45, 2.75) is 24.4 Å². The van der Waals surface area contributed by atoms with E-state index < -0.39 is 18.6 Å². The molecule has 3 aromatic heterocycles. The Morgan fingerprint density at radius 1 is 1.12 bits per heavy atom. The van der Waals surface area contributed by atoms with Crippen LogP contribution in [-0.2, 0) is 17.9 Å². The second kappa shape index (κ2) is 10.1. The first kappa shape index (κ1) is 23.6. The molecule has 0 radical (unpaired) electrons. The van der Waals surface area contributed by atoms with Crippen molar-refractivity contribution in [1.82, 2.24) is 19.4 Å². The van der Waals surface area contributed by atoms with Crippen LogP contribution in [0.4, 0.5) is 13.2 Å². The molecule has 0 aliphatic carbocycles. The molecule has 7 nitrogen and oxygen atoms in total. The molecule has 4 aromatic rings. The highest BCUT2D eigenvalue weighted by molar-refractivity contribution is 7.99. The monoisotopic (exact) mass is 488 g/mol. The Morgan fingerprint density at radius 3 is 2.65 bits per heavy atom. The van der Waals surface area contributed by atoms with E-state index in [1.54, 1.807) is 48.8 Å². The molecule has 176 valence electrons. The third-order valence-electron chi connectivity index (χ3n) is 4.86. The zero-order valence-corrected chi connectivity index (χ0v) is 18.6. The van der Waals surface area contributed by atoms with E-state index >= 15 is 0 Å². The third-order valence-corrected chi connectivity index (χ3v) is 5.83. The number of benzene rings is 1. The van der Waals surface area contributed by atoms with Crippen LogP contribution in [0.15, 0.2) is 81.6 Å². The van der Waals surface area contributed by atoms with Crippen LogP contribution in [0.2, 0.25) is 0 Å². The van der Waals surface area contributed by atoms with Gasteiger partial charge < -0.3 is 9.32 Å². The molecule has 1 aromatic carbocycles. The van der Waals surface area contributed by atoms with Crippen LogP contribution in [0.5, 0.6) is 0 Å². The number of hydrogen-bond acceptors (Lipinski definition) is 6. The van der Waals surface area contributed by atoms with Gasteiger partial charge in [-0.1, -0.05) is 30.0 Å². The molecule has 0 unspecified atom stereocenters. The highest BCUT2D eigenvalue weighted by Crippen LogP contribution is 2.22. The van der Waals surface area contributed by atoms with E-state index in [1.165, 1.54) is 23.0 Å². The minimum absolute atomic E-state index is 0.152. The highest BCUT2D eigenvalue weighted by atomic mass is 32.2. The molecular formula is C23H19F3N4O3S. The van der Waals surface area contributed by atoms with Crippen LogP contribution >= 0.6 is 11.8 Å². The summed E-state index contributed by atoms with van der Waals surface area (Å²) in [6, 6.07) is 13.3. The fourth-order valence-electron chi connectivity index (χ4n) is 3.33. The van der Waals surface area contributed by atoms with E-state index in [1.807, 2.05) is 0 Å². The Balaban J connectivity index is 1.61. The number of halogens is 3. The number of furan rings is 1. The summed E-state index contributed by atoms with van der Waals surface area (Å²) in [6.45, 7) is -1.58. The number of hydrogen-bond donors (Lipinski definition) is 0. The summed E-state index contributed by atoms with van der Waals surface area (Å²) in [5, 5.41) is 0.629. The van der Waals surface area contributed by atoms with E-state index in [4.69, 9.17) is 4.42 Å². The molecule has 0 aliphatic rings. The van der Waals surface area contributed by atoms with Gasteiger partial charge in [0.2, 0.25) is 5.91 Å². The number of aromatic nitrogens is 3. The summed E-state index contributed by atoms with van der Waals surface area (Å²) in [6.07, 6.45) is -0.0316.